The van der Waals surface area contributed by atoms with Gasteiger partial charge in [-0.25, -0.2) is 4.79 Å². The molecule has 0 saturated heterocycles. The zero-order chi connectivity index (χ0) is 14.7. The van der Waals surface area contributed by atoms with Crippen LogP contribution in [0.4, 0.5) is 0 Å². The van der Waals surface area contributed by atoms with Crippen LogP contribution in [-0.2, 0) is 4.79 Å². The van der Waals surface area contributed by atoms with Crippen molar-refractivity contribution in [2.24, 2.45) is 0 Å². The molecule has 0 bridgehead atoms. The first-order chi connectivity index (χ1) is 9.47. The second-order valence-corrected chi connectivity index (χ2v) is 4.25. The zero-order valence-corrected chi connectivity index (χ0v) is 10.8. The van der Waals surface area contributed by atoms with E-state index in [0.717, 1.165) is 22.9 Å². The van der Waals surface area contributed by atoms with Crippen molar-refractivity contribution in [2.45, 2.75) is 0 Å². The Morgan fingerprint density at radius 2 is 1.95 bits per heavy atom. The zero-order valence-electron chi connectivity index (χ0n) is 10.0. The predicted molar refractivity (Wildman–Crippen MR) is 73.2 cm³/mol. The maximum Gasteiger partial charge on any atom is 0.328 e. The number of halogens is 1. The molecule has 2 aromatic rings. The van der Waals surface area contributed by atoms with Crippen LogP contribution in [-0.4, -0.2) is 26.0 Å². The minimum Gasteiger partial charge on any atom is -0.505 e. The Morgan fingerprint density at radius 1 is 1.30 bits per heavy atom. The van der Waals surface area contributed by atoms with Gasteiger partial charge in [0.1, 0.15) is 11.4 Å². The van der Waals surface area contributed by atoms with Gasteiger partial charge in [0, 0.05) is 17.2 Å². The number of carbonyl (C=O) groups is 1. The van der Waals surface area contributed by atoms with E-state index in [1.807, 2.05) is 0 Å². The molecular weight excluding hydrogens is 284 g/mol. The minimum absolute atomic E-state index is 0.0260. The van der Waals surface area contributed by atoms with Crippen LogP contribution in [0.25, 0.3) is 11.8 Å². The van der Waals surface area contributed by atoms with Crippen molar-refractivity contribution in [2.75, 3.05) is 0 Å². The van der Waals surface area contributed by atoms with E-state index in [4.69, 9.17) is 16.7 Å². The molecule has 7 heteroatoms. The fraction of sp³-hybridized carbons (Fsp3) is 0. The summed E-state index contributed by atoms with van der Waals surface area (Å²) in [6.45, 7) is 0. The van der Waals surface area contributed by atoms with Crippen molar-refractivity contribution in [3.05, 3.63) is 57.5 Å². The molecule has 2 rings (SSSR count). The second-order valence-electron chi connectivity index (χ2n) is 3.81. The van der Waals surface area contributed by atoms with Crippen molar-refractivity contribution in [3.8, 4) is 11.4 Å². The van der Waals surface area contributed by atoms with E-state index in [2.05, 4.69) is 5.10 Å². The summed E-state index contributed by atoms with van der Waals surface area (Å²) in [5.74, 6) is -1.58. The van der Waals surface area contributed by atoms with Gasteiger partial charge >= 0.3 is 5.97 Å². The fourth-order valence-electron chi connectivity index (χ4n) is 1.50. The topological polar surface area (TPSA) is 92.4 Å². The highest BCUT2D eigenvalue weighted by Crippen LogP contribution is 2.15. The number of hydrogen-bond acceptors (Lipinski definition) is 4. The quantitative estimate of drug-likeness (QED) is 0.840. The van der Waals surface area contributed by atoms with E-state index >= 15 is 0 Å². The van der Waals surface area contributed by atoms with Crippen LogP contribution in [0.15, 0.2) is 41.2 Å². The van der Waals surface area contributed by atoms with Gasteiger partial charge in [0.15, 0.2) is 0 Å². The molecule has 0 aliphatic carbocycles. The summed E-state index contributed by atoms with van der Waals surface area (Å²) >= 11 is 5.76. The van der Waals surface area contributed by atoms with Crippen LogP contribution < -0.4 is 5.56 Å². The van der Waals surface area contributed by atoms with E-state index in [1.165, 1.54) is 0 Å². The molecule has 0 radical (unpaired) electrons. The molecule has 0 unspecified atom stereocenters. The minimum atomic E-state index is -1.18. The van der Waals surface area contributed by atoms with Crippen LogP contribution in [0.2, 0.25) is 5.02 Å². The highest BCUT2D eigenvalue weighted by atomic mass is 35.5. The van der Waals surface area contributed by atoms with Crippen LogP contribution in [0.5, 0.6) is 5.75 Å². The highest BCUT2D eigenvalue weighted by molar-refractivity contribution is 6.30. The van der Waals surface area contributed by atoms with Gasteiger partial charge in [-0.2, -0.15) is 9.78 Å². The average Bonchev–Trinajstić information content (AvgIpc) is 2.39. The Bertz CT molecular complexity index is 735. The van der Waals surface area contributed by atoms with Crippen molar-refractivity contribution >= 4 is 23.6 Å². The number of aliphatic carboxylic acids is 1. The maximum atomic E-state index is 11.8. The van der Waals surface area contributed by atoms with E-state index in [0.29, 0.717) is 10.7 Å². The summed E-state index contributed by atoms with van der Waals surface area (Å²) in [7, 11) is 0. The Hall–Kier alpha value is -2.60. The molecule has 0 spiro atoms. The summed E-state index contributed by atoms with van der Waals surface area (Å²) in [6, 6.07) is 7.30. The third-order valence-electron chi connectivity index (χ3n) is 2.39. The molecule has 0 saturated carbocycles. The number of carboxylic acids is 1. The molecule has 102 valence electrons. The monoisotopic (exact) mass is 292 g/mol. The molecule has 0 aliphatic rings. The Kier molecular flexibility index (Phi) is 3.86. The number of hydrogen-bond donors (Lipinski definition) is 2. The van der Waals surface area contributed by atoms with Crippen LogP contribution in [0.1, 0.15) is 5.69 Å². The molecule has 0 fully saturated rings. The third kappa shape index (κ3) is 3.04. The Morgan fingerprint density at radius 3 is 2.55 bits per heavy atom. The smallest absolute Gasteiger partial charge is 0.328 e. The molecule has 1 heterocycles. The molecule has 1 aromatic heterocycles. The SMILES string of the molecule is O=C(O)/C=C/c1nn(-c2ccc(Cl)cc2)c(=O)cc1O. The lowest BCUT2D eigenvalue weighted by Crippen LogP contribution is -2.20. The first kappa shape index (κ1) is 13.8. The molecular formula is C13H9ClN2O4. The molecule has 0 aliphatic heterocycles. The van der Waals surface area contributed by atoms with E-state index < -0.39 is 17.3 Å². The number of nitrogens with zero attached hydrogens (tertiary/aromatic N) is 2. The van der Waals surface area contributed by atoms with Gasteiger partial charge in [-0.3, -0.25) is 4.79 Å². The van der Waals surface area contributed by atoms with Crippen LogP contribution in [0.3, 0.4) is 0 Å². The van der Waals surface area contributed by atoms with Crippen LogP contribution in [0, 0.1) is 0 Å². The lowest BCUT2D eigenvalue weighted by atomic mass is 10.3. The summed E-state index contributed by atoms with van der Waals surface area (Å²) in [4.78, 5) is 22.2. The van der Waals surface area contributed by atoms with E-state index in [9.17, 15) is 14.7 Å². The summed E-state index contributed by atoms with van der Waals surface area (Å²) in [6.07, 6.45) is 1.92. The summed E-state index contributed by atoms with van der Waals surface area (Å²) in [5.41, 5.74) is -0.122. The van der Waals surface area contributed by atoms with Crippen molar-refractivity contribution in [1.82, 2.24) is 9.78 Å². The Labute approximate surface area is 118 Å². The molecule has 0 atom stereocenters. The first-order valence-electron chi connectivity index (χ1n) is 5.47. The highest BCUT2D eigenvalue weighted by Gasteiger charge is 2.07. The maximum absolute atomic E-state index is 11.8. The van der Waals surface area contributed by atoms with Gasteiger partial charge < -0.3 is 10.2 Å². The van der Waals surface area contributed by atoms with Crippen molar-refractivity contribution in [1.29, 1.82) is 0 Å². The lowest BCUT2D eigenvalue weighted by Gasteiger charge is -2.06. The van der Waals surface area contributed by atoms with Gasteiger partial charge in [0.2, 0.25) is 0 Å². The largest absolute Gasteiger partial charge is 0.505 e. The number of aromatic hydroxyl groups is 1. The number of aromatic nitrogens is 2. The standard InChI is InChI=1S/C13H9ClN2O4/c14-8-1-3-9(4-2-8)16-12(18)7-11(17)10(15-16)5-6-13(19)20/h1-7,17H,(H,19,20)/b6-5+. The number of carboxylic acid groups (broad SMARTS) is 1. The lowest BCUT2D eigenvalue weighted by molar-refractivity contribution is -0.131. The molecule has 0 amide bonds. The fourth-order valence-corrected chi connectivity index (χ4v) is 1.62. The van der Waals surface area contributed by atoms with Gasteiger partial charge in [0.05, 0.1) is 5.69 Å². The van der Waals surface area contributed by atoms with Crippen LogP contribution >= 0.6 is 11.6 Å². The average molecular weight is 293 g/mol. The van der Waals surface area contributed by atoms with Gasteiger partial charge in [-0.05, 0) is 30.3 Å². The Balaban J connectivity index is 2.54. The first-order valence-corrected chi connectivity index (χ1v) is 5.85. The second kappa shape index (κ2) is 5.58. The van der Waals surface area contributed by atoms with Crippen molar-refractivity contribution < 1.29 is 15.0 Å². The summed E-state index contributed by atoms with van der Waals surface area (Å²) < 4.78 is 1.04. The van der Waals surface area contributed by atoms with Gasteiger partial charge in [-0.15, -0.1) is 0 Å². The molecule has 6 nitrogen and oxygen atoms in total. The van der Waals surface area contributed by atoms with E-state index in [-0.39, 0.29) is 5.69 Å². The normalized spacial score (nSPS) is 10.8. The molecule has 2 N–H and O–H groups in total. The summed E-state index contributed by atoms with van der Waals surface area (Å²) in [5, 5.41) is 22.5. The van der Waals surface area contributed by atoms with Crippen molar-refractivity contribution in [3.63, 3.8) is 0 Å². The van der Waals surface area contributed by atoms with E-state index in [1.54, 1.807) is 24.3 Å². The third-order valence-corrected chi connectivity index (χ3v) is 2.65. The van der Waals surface area contributed by atoms with Gasteiger partial charge in [-0.1, -0.05) is 11.6 Å². The number of benzene rings is 1. The van der Waals surface area contributed by atoms with Gasteiger partial charge in [0.25, 0.3) is 5.56 Å². The molecule has 20 heavy (non-hydrogen) atoms. The number of rotatable bonds is 3. The predicted octanol–water partition coefficient (Wildman–Crippen LogP) is 1.69. The molecule has 1 aromatic carbocycles.